The predicted octanol–water partition coefficient (Wildman–Crippen LogP) is 2.34. The Hall–Kier alpha value is -1.97. The first-order valence-electron chi connectivity index (χ1n) is 3.87. The zero-order chi connectivity index (χ0) is 11.0. The molecule has 4 heteroatoms. The van der Waals surface area contributed by atoms with Crippen LogP contribution in [0.3, 0.4) is 0 Å². The molecule has 0 radical (unpaired) electrons. The van der Waals surface area contributed by atoms with Gasteiger partial charge in [-0.25, -0.2) is 4.79 Å². The fraction of sp³-hybridized carbons (Fsp3) is 0.100. The molecule has 0 fully saturated rings. The van der Waals surface area contributed by atoms with Crippen LogP contribution in [0.1, 0.15) is 5.56 Å². The van der Waals surface area contributed by atoms with Crippen LogP contribution < -0.4 is 0 Å². The van der Waals surface area contributed by atoms with Gasteiger partial charge in [-0.1, -0.05) is 24.3 Å². The molecule has 0 amide bonds. The van der Waals surface area contributed by atoms with Gasteiger partial charge in [-0.2, -0.15) is 0 Å². The van der Waals surface area contributed by atoms with Crippen LogP contribution in [0.4, 0.5) is 4.79 Å². The van der Waals surface area contributed by atoms with Gasteiger partial charge in [0.2, 0.25) is 0 Å². The van der Waals surface area contributed by atoms with E-state index in [9.17, 15) is 5.11 Å². The van der Waals surface area contributed by atoms with Gasteiger partial charge in [0.05, 0.1) is 0 Å². The summed E-state index contributed by atoms with van der Waals surface area (Å²) >= 11 is 0. The van der Waals surface area contributed by atoms with Crippen molar-refractivity contribution >= 4 is 6.16 Å². The second kappa shape index (κ2) is 6.54. The summed E-state index contributed by atoms with van der Waals surface area (Å²) in [5, 5.41) is 23.1. The van der Waals surface area contributed by atoms with Gasteiger partial charge >= 0.3 is 6.16 Å². The van der Waals surface area contributed by atoms with Gasteiger partial charge in [0.15, 0.2) is 0 Å². The fourth-order valence-electron chi connectivity index (χ4n) is 0.839. The number of benzene rings is 1. The third-order valence-electron chi connectivity index (χ3n) is 1.36. The highest BCUT2D eigenvalue weighted by molar-refractivity contribution is 5.53. The minimum absolute atomic E-state index is 0.349. The van der Waals surface area contributed by atoms with Gasteiger partial charge in [-0.05, 0) is 18.1 Å². The summed E-state index contributed by atoms with van der Waals surface area (Å²) in [4.78, 5) is 8.56. The quantitative estimate of drug-likeness (QED) is 0.634. The smallest absolute Gasteiger partial charge is 0.503 e. The highest BCUT2D eigenvalue weighted by atomic mass is 16.6. The van der Waals surface area contributed by atoms with Crippen molar-refractivity contribution in [3.05, 3.63) is 42.5 Å². The van der Waals surface area contributed by atoms with Crippen molar-refractivity contribution in [3.8, 4) is 5.75 Å². The summed E-state index contributed by atoms with van der Waals surface area (Å²) in [7, 11) is 0. The van der Waals surface area contributed by atoms with Crippen molar-refractivity contribution in [2.75, 3.05) is 0 Å². The van der Waals surface area contributed by atoms with Crippen LogP contribution in [-0.4, -0.2) is 21.5 Å². The standard InChI is InChI=1S/C9H10O.CH2O3/c1-2-5-8-6-3-4-7-9(8)10;2-1(3)4/h2-4,6-7,10H,1,5H2;(H2,2,3,4). The first kappa shape index (κ1) is 12.0. The number of para-hydroxylation sites is 1. The fourth-order valence-corrected chi connectivity index (χ4v) is 0.839. The Morgan fingerprint density at radius 1 is 1.36 bits per heavy atom. The average Bonchev–Trinajstić information content (AvgIpc) is 2.08. The van der Waals surface area contributed by atoms with Gasteiger partial charge in [0, 0.05) is 0 Å². The summed E-state index contributed by atoms with van der Waals surface area (Å²) in [5.41, 5.74) is 0.928. The van der Waals surface area contributed by atoms with Gasteiger partial charge in [-0.3, -0.25) is 0 Å². The van der Waals surface area contributed by atoms with E-state index < -0.39 is 6.16 Å². The number of phenolic OH excluding ortho intramolecular Hbond substituents is 1. The third kappa shape index (κ3) is 5.65. The number of carboxylic acid groups (broad SMARTS) is 2. The predicted molar refractivity (Wildman–Crippen MR) is 52.7 cm³/mol. The Balaban J connectivity index is 0.000000364. The largest absolute Gasteiger partial charge is 0.508 e. The average molecular weight is 196 g/mol. The Morgan fingerprint density at radius 3 is 2.29 bits per heavy atom. The lowest BCUT2D eigenvalue weighted by Gasteiger charge is -1.97. The maximum Gasteiger partial charge on any atom is 0.503 e. The molecule has 0 heterocycles. The monoisotopic (exact) mass is 196 g/mol. The molecule has 76 valence electrons. The van der Waals surface area contributed by atoms with Crippen molar-refractivity contribution in [3.63, 3.8) is 0 Å². The van der Waals surface area contributed by atoms with Crippen LogP contribution >= 0.6 is 0 Å². The van der Waals surface area contributed by atoms with Crippen LogP contribution in [-0.2, 0) is 6.42 Å². The second-order valence-electron chi connectivity index (χ2n) is 2.40. The molecular weight excluding hydrogens is 184 g/mol. The molecule has 0 saturated heterocycles. The van der Waals surface area contributed by atoms with E-state index in [4.69, 9.17) is 15.0 Å². The lowest BCUT2D eigenvalue weighted by molar-refractivity contribution is 0.137. The second-order valence-corrected chi connectivity index (χ2v) is 2.40. The van der Waals surface area contributed by atoms with E-state index in [0.717, 1.165) is 12.0 Å². The minimum atomic E-state index is -1.83. The Bertz CT molecular complexity index is 303. The SMILES string of the molecule is C=CCc1ccccc1O.O=C(O)O. The minimum Gasteiger partial charge on any atom is -0.508 e. The molecular formula is C10H12O4. The van der Waals surface area contributed by atoms with Gasteiger partial charge in [0.25, 0.3) is 0 Å². The zero-order valence-corrected chi connectivity index (χ0v) is 7.55. The summed E-state index contributed by atoms with van der Waals surface area (Å²) in [6, 6.07) is 7.27. The van der Waals surface area contributed by atoms with Crippen LogP contribution in [0.2, 0.25) is 0 Å². The molecule has 14 heavy (non-hydrogen) atoms. The van der Waals surface area contributed by atoms with Crippen LogP contribution in [0.15, 0.2) is 36.9 Å². The van der Waals surface area contributed by atoms with Crippen LogP contribution in [0.5, 0.6) is 5.75 Å². The molecule has 4 nitrogen and oxygen atoms in total. The Kier molecular flexibility index (Phi) is 5.62. The number of hydrogen-bond acceptors (Lipinski definition) is 2. The number of hydrogen-bond donors (Lipinski definition) is 3. The maximum atomic E-state index is 9.19. The van der Waals surface area contributed by atoms with Gasteiger partial charge in [-0.15, -0.1) is 6.58 Å². The summed E-state index contributed by atoms with van der Waals surface area (Å²) < 4.78 is 0. The van der Waals surface area contributed by atoms with E-state index in [-0.39, 0.29) is 0 Å². The molecule has 0 atom stereocenters. The molecule has 0 aliphatic rings. The van der Waals surface area contributed by atoms with E-state index in [0.29, 0.717) is 5.75 Å². The molecule has 0 aliphatic heterocycles. The zero-order valence-electron chi connectivity index (χ0n) is 7.55. The van der Waals surface area contributed by atoms with Crippen molar-refractivity contribution in [1.29, 1.82) is 0 Å². The molecule has 0 spiro atoms. The summed E-state index contributed by atoms with van der Waals surface area (Å²) in [6.45, 7) is 3.59. The van der Waals surface area contributed by atoms with Crippen molar-refractivity contribution in [2.45, 2.75) is 6.42 Å². The van der Waals surface area contributed by atoms with Crippen LogP contribution in [0, 0.1) is 0 Å². The molecule has 0 saturated carbocycles. The Morgan fingerprint density at radius 2 is 1.86 bits per heavy atom. The molecule has 1 aromatic rings. The first-order chi connectivity index (χ1) is 6.57. The van der Waals surface area contributed by atoms with E-state index in [1.54, 1.807) is 12.1 Å². The first-order valence-corrected chi connectivity index (χ1v) is 3.87. The normalized spacial score (nSPS) is 8.29. The maximum absolute atomic E-state index is 9.19. The van der Waals surface area contributed by atoms with Crippen molar-refractivity contribution in [2.24, 2.45) is 0 Å². The molecule has 0 aromatic heterocycles. The van der Waals surface area contributed by atoms with E-state index in [1.165, 1.54) is 0 Å². The number of rotatable bonds is 2. The highest BCUT2D eigenvalue weighted by Gasteiger charge is 1.93. The molecule has 0 aliphatic carbocycles. The van der Waals surface area contributed by atoms with E-state index in [1.807, 2.05) is 18.2 Å². The van der Waals surface area contributed by atoms with E-state index >= 15 is 0 Å². The van der Waals surface area contributed by atoms with Crippen LogP contribution in [0.25, 0.3) is 0 Å². The summed E-state index contributed by atoms with van der Waals surface area (Å²) in [6.07, 6.45) is 0.668. The van der Waals surface area contributed by atoms with Crippen molar-refractivity contribution < 1.29 is 20.1 Å². The molecule has 1 rings (SSSR count). The molecule has 0 bridgehead atoms. The highest BCUT2D eigenvalue weighted by Crippen LogP contribution is 2.15. The molecule has 0 unspecified atom stereocenters. The van der Waals surface area contributed by atoms with Gasteiger partial charge in [0.1, 0.15) is 5.75 Å². The third-order valence-corrected chi connectivity index (χ3v) is 1.36. The summed E-state index contributed by atoms with van der Waals surface area (Å²) in [5.74, 6) is 0.349. The molecule has 3 N–H and O–H groups in total. The number of carbonyl (C=O) groups is 1. The lowest BCUT2D eigenvalue weighted by atomic mass is 10.1. The number of allylic oxidation sites excluding steroid dienone is 1. The lowest BCUT2D eigenvalue weighted by Crippen LogP contribution is -1.81. The topological polar surface area (TPSA) is 77.8 Å². The van der Waals surface area contributed by atoms with Crippen molar-refractivity contribution in [1.82, 2.24) is 0 Å². The number of phenols is 1. The van der Waals surface area contributed by atoms with Gasteiger partial charge < -0.3 is 15.3 Å². The molecule has 1 aromatic carbocycles. The number of aromatic hydroxyl groups is 1. The van der Waals surface area contributed by atoms with E-state index in [2.05, 4.69) is 6.58 Å². The Labute approximate surface area is 81.8 Å².